The third kappa shape index (κ3) is 8.00. The number of rotatable bonds is 8. The Kier molecular flexibility index (Phi) is 10.4. The number of hydrogen-bond donors (Lipinski definition) is 2. The molecule has 1 unspecified atom stereocenters. The Balaban J connectivity index is 0.00000312. The molecule has 1 aromatic carbocycles. The molecule has 0 spiro atoms. The number of nitrogens with one attached hydrogen (secondary N) is 2. The lowest BCUT2D eigenvalue weighted by molar-refractivity contribution is -0.384. The fraction of sp³-hybridized carbons (Fsp3) is 0.588. The molecule has 1 aliphatic heterocycles. The van der Waals surface area contributed by atoms with Gasteiger partial charge < -0.3 is 15.4 Å². The summed E-state index contributed by atoms with van der Waals surface area (Å²) in [5, 5.41) is 17.3. The van der Waals surface area contributed by atoms with E-state index >= 15 is 0 Å². The summed E-state index contributed by atoms with van der Waals surface area (Å²) in [6.07, 6.45) is 4.65. The largest absolute Gasteiger partial charge is 0.376 e. The molecule has 0 aliphatic carbocycles. The Hall–Kier alpha value is -1.42. The summed E-state index contributed by atoms with van der Waals surface area (Å²) < 4.78 is 5.62. The number of guanidine groups is 1. The summed E-state index contributed by atoms with van der Waals surface area (Å²) >= 11 is 0. The zero-order chi connectivity index (χ0) is 17.2. The van der Waals surface area contributed by atoms with Crippen molar-refractivity contribution in [2.24, 2.45) is 4.99 Å². The van der Waals surface area contributed by atoms with Crippen molar-refractivity contribution in [3.05, 3.63) is 39.9 Å². The summed E-state index contributed by atoms with van der Waals surface area (Å²) in [4.78, 5) is 14.9. The molecular weight excluding hydrogens is 435 g/mol. The second-order valence-electron chi connectivity index (χ2n) is 5.88. The van der Waals surface area contributed by atoms with Gasteiger partial charge in [0.05, 0.1) is 17.6 Å². The van der Waals surface area contributed by atoms with Crippen LogP contribution in [0.2, 0.25) is 0 Å². The minimum absolute atomic E-state index is 0. The molecule has 25 heavy (non-hydrogen) atoms. The first-order valence-corrected chi connectivity index (χ1v) is 8.56. The van der Waals surface area contributed by atoms with E-state index in [4.69, 9.17) is 4.74 Å². The Bertz CT molecular complexity index is 545. The number of halogens is 1. The molecule has 0 radical (unpaired) electrons. The van der Waals surface area contributed by atoms with Gasteiger partial charge in [-0.15, -0.1) is 24.0 Å². The summed E-state index contributed by atoms with van der Waals surface area (Å²) in [7, 11) is 0. The normalized spacial score (nSPS) is 17.0. The number of non-ortho nitro benzene ring substituents is 1. The quantitative estimate of drug-likeness (QED) is 0.155. The monoisotopic (exact) mass is 462 g/mol. The van der Waals surface area contributed by atoms with Crippen LogP contribution in [0.1, 0.15) is 38.2 Å². The van der Waals surface area contributed by atoms with E-state index in [2.05, 4.69) is 22.5 Å². The van der Waals surface area contributed by atoms with Crippen molar-refractivity contribution in [3.8, 4) is 0 Å². The van der Waals surface area contributed by atoms with Gasteiger partial charge in [0.15, 0.2) is 5.96 Å². The smallest absolute Gasteiger partial charge is 0.269 e. The zero-order valence-corrected chi connectivity index (χ0v) is 16.9. The number of unbranched alkanes of at least 4 members (excludes halogenated alkanes) is 1. The van der Waals surface area contributed by atoms with Crippen molar-refractivity contribution in [1.29, 1.82) is 0 Å². The second kappa shape index (κ2) is 12.0. The van der Waals surface area contributed by atoms with Crippen molar-refractivity contribution in [3.63, 3.8) is 0 Å². The number of nitro benzene ring substituents is 1. The molecule has 0 bridgehead atoms. The van der Waals surface area contributed by atoms with Gasteiger partial charge in [-0.2, -0.15) is 0 Å². The molecule has 2 rings (SSSR count). The fourth-order valence-corrected chi connectivity index (χ4v) is 2.47. The Morgan fingerprint density at radius 1 is 1.36 bits per heavy atom. The van der Waals surface area contributed by atoms with Crippen molar-refractivity contribution in [2.75, 3.05) is 19.7 Å². The predicted molar refractivity (Wildman–Crippen MR) is 110 cm³/mol. The van der Waals surface area contributed by atoms with Gasteiger partial charge in [0.1, 0.15) is 0 Å². The number of nitro groups is 1. The highest BCUT2D eigenvalue weighted by Gasteiger charge is 2.15. The van der Waals surface area contributed by atoms with Crippen molar-refractivity contribution >= 4 is 35.6 Å². The average Bonchev–Trinajstić information content (AvgIpc) is 3.11. The van der Waals surface area contributed by atoms with Gasteiger partial charge in [0.25, 0.3) is 5.69 Å². The van der Waals surface area contributed by atoms with E-state index in [9.17, 15) is 10.1 Å². The van der Waals surface area contributed by atoms with Crippen LogP contribution in [0.3, 0.4) is 0 Å². The minimum Gasteiger partial charge on any atom is -0.376 e. The van der Waals surface area contributed by atoms with Crippen LogP contribution in [0.5, 0.6) is 0 Å². The summed E-state index contributed by atoms with van der Waals surface area (Å²) in [5.74, 6) is 0.761. The van der Waals surface area contributed by atoms with Crippen LogP contribution in [0.15, 0.2) is 29.3 Å². The van der Waals surface area contributed by atoms with E-state index in [0.717, 1.165) is 56.9 Å². The van der Waals surface area contributed by atoms with Gasteiger partial charge in [-0.25, -0.2) is 4.99 Å². The highest BCUT2D eigenvalue weighted by Crippen LogP contribution is 2.13. The molecule has 1 heterocycles. The first kappa shape index (κ1) is 21.6. The maximum atomic E-state index is 10.7. The van der Waals surface area contributed by atoms with Crippen LogP contribution in [-0.2, 0) is 11.3 Å². The number of aliphatic imine (C=N–C) groups is 1. The standard InChI is InChI=1S/C17H26N4O3.HI/c1-2-3-10-18-17(20-13-16-5-4-11-24-16)19-12-14-6-8-15(9-7-14)21(22)23;/h6-9,16H,2-5,10-13H2,1H3,(H2,18,19,20);1H. The first-order chi connectivity index (χ1) is 11.7. The topological polar surface area (TPSA) is 88.8 Å². The molecule has 1 aromatic rings. The molecular formula is C17H27IN4O3. The predicted octanol–water partition coefficient (Wildman–Crippen LogP) is 3.23. The Labute approximate surface area is 165 Å². The SMILES string of the molecule is CCCCNC(=NCc1ccc([N+](=O)[O-])cc1)NCC1CCCO1.I. The van der Waals surface area contributed by atoms with Crippen molar-refractivity contribution < 1.29 is 9.66 Å². The van der Waals surface area contributed by atoms with Crippen LogP contribution in [-0.4, -0.2) is 36.7 Å². The van der Waals surface area contributed by atoms with Crippen molar-refractivity contribution in [2.45, 2.75) is 45.3 Å². The average molecular weight is 462 g/mol. The van der Waals surface area contributed by atoms with Gasteiger partial charge in [-0.05, 0) is 24.8 Å². The van der Waals surface area contributed by atoms with E-state index in [0.29, 0.717) is 6.54 Å². The van der Waals surface area contributed by atoms with Crippen LogP contribution in [0.4, 0.5) is 5.69 Å². The van der Waals surface area contributed by atoms with Gasteiger partial charge in [0.2, 0.25) is 0 Å². The maximum absolute atomic E-state index is 10.7. The maximum Gasteiger partial charge on any atom is 0.269 e. The fourth-order valence-electron chi connectivity index (χ4n) is 2.47. The van der Waals surface area contributed by atoms with E-state index in [1.54, 1.807) is 12.1 Å². The molecule has 0 amide bonds. The van der Waals surface area contributed by atoms with E-state index < -0.39 is 4.92 Å². The number of ether oxygens (including phenoxy) is 1. The first-order valence-electron chi connectivity index (χ1n) is 8.56. The van der Waals surface area contributed by atoms with Crippen LogP contribution in [0.25, 0.3) is 0 Å². The number of nitrogens with zero attached hydrogens (tertiary/aromatic N) is 2. The Morgan fingerprint density at radius 3 is 2.72 bits per heavy atom. The lowest BCUT2D eigenvalue weighted by Crippen LogP contribution is -2.41. The minimum atomic E-state index is -0.395. The lowest BCUT2D eigenvalue weighted by Gasteiger charge is -2.15. The van der Waals surface area contributed by atoms with E-state index in [1.165, 1.54) is 12.1 Å². The molecule has 1 atom stereocenters. The van der Waals surface area contributed by atoms with Gasteiger partial charge in [0, 0.05) is 31.8 Å². The second-order valence-corrected chi connectivity index (χ2v) is 5.88. The van der Waals surface area contributed by atoms with Crippen LogP contribution in [0, 0.1) is 10.1 Å². The van der Waals surface area contributed by atoms with Gasteiger partial charge in [-0.1, -0.05) is 25.5 Å². The third-order valence-corrected chi connectivity index (χ3v) is 3.91. The molecule has 7 nitrogen and oxygen atoms in total. The van der Waals surface area contributed by atoms with E-state index in [1.807, 2.05) is 0 Å². The highest BCUT2D eigenvalue weighted by atomic mass is 127. The number of hydrogen-bond acceptors (Lipinski definition) is 4. The molecule has 1 fully saturated rings. The molecule has 0 saturated carbocycles. The molecule has 8 heteroatoms. The van der Waals surface area contributed by atoms with Gasteiger partial charge in [-0.3, -0.25) is 10.1 Å². The molecule has 140 valence electrons. The molecule has 2 N–H and O–H groups in total. The summed E-state index contributed by atoms with van der Waals surface area (Å²) in [5.41, 5.74) is 1.04. The molecule has 0 aromatic heterocycles. The summed E-state index contributed by atoms with van der Waals surface area (Å²) in [6, 6.07) is 6.50. The van der Waals surface area contributed by atoms with E-state index in [-0.39, 0.29) is 35.8 Å². The zero-order valence-electron chi connectivity index (χ0n) is 14.6. The molecule has 1 aliphatic rings. The lowest BCUT2D eigenvalue weighted by atomic mass is 10.2. The van der Waals surface area contributed by atoms with Gasteiger partial charge >= 0.3 is 0 Å². The van der Waals surface area contributed by atoms with Crippen LogP contribution < -0.4 is 10.6 Å². The third-order valence-electron chi connectivity index (χ3n) is 3.91. The Morgan fingerprint density at radius 2 is 2.12 bits per heavy atom. The number of benzene rings is 1. The highest BCUT2D eigenvalue weighted by molar-refractivity contribution is 14.0. The van der Waals surface area contributed by atoms with Crippen molar-refractivity contribution in [1.82, 2.24) is 10.6 Å². The molecule has 1 saturated heterocycles. The summed E-state index contributed by atoms with van der Waals surface area (Å²) in [6.45, 7) is 5.08. The van der Waals surface area contributed by atoms with Crippen LogP contribution >= 0.6 is 24.0 Å².